The monoisotopic (exact) mass is 158 g/mol. The fraction of sp³-hybridized carbons (Fsp3) is 0.714. The Labute approximate surface area is 65.0 Å². The third-order valence-corrected chi connectivity index (χ3v) is 3.57. The van der Waals surface area contributed by atoms with E-state index in [1.54, 1.807) is 0 Å². The highest BCUT2D eigenvalue weighted by atomic mass is 32.2. The molecule has 0 bridgehead atoms. The molecule has 2 nitrogen and oxygen atoms in total. The van der Waals surface area contributed by atoms with Crippen LogP contribution in [0.4, 0.5) is 0 Å². The molecule has 0 aliphatic carbocycles. The Hall–Kier alpha value is -0.310. The Balaban J connectivity index is 2.37. The molecule has 0 aromatic carbocycles. The van der Waals surface area contributed by atoms with Crippen LogP contribution in [-0.4, -0.2) is 36.5 Å². The highest BCUT2D eigenvalue weighted by Gasteiger charge is 2.08. The highest BCUT2D eigenvalue weighted by Crippen LogP contribution is 2.01. The van der Waals surface area contributed by atoms with E-state index in [9.17, 15) is 0 Å². The normalized spacial score (nSPS) is 20.7. The van der Waals surface area contributed by atoms with Crippen LogP contribution in [0.15, 0.2) is 17.1 Å². The summed E-state index contributed by atoms with van der Waals surface area (Å²) in [5.41, 5.74) is 0. The van der Waals surface area contributed by atoms with Gasteiger partial charge in [0, 0.05) is 31.6 Å². The topological polar surface area (TPSA) is 15.6 Å². The van der Waals surface area contributed by atoms with E-state index in [1.807, 2.05) is 13.2 Å². The zero-order valence-corrected chi connectivity index (χ0v) is 7.23. The Bertz CT molecular complexity index is 144. The summed E-state index contributed by atoms with van der Waals surface area (Å²) in [6, 6.07) is 0. The van der Waals surface area contributed by atoms with Gasteiger partial charge in [-0.15, -0.1) is 0 Å². The molecule has 0 aromatic rings. The maximum Gasteiger partial charge on any atom is 0.0346 e. The van der Waals surface area contributed by atoms with Gasteiger partial charge < -0.3 is 4.90 Å². The minimum atomic E-state index is 0.362. The van der Waals surface area contributed by atoms with Gasteiger partial charge in [-0.05, 0) is 6.20 Å². The summed E-state index contributed by atoms with van der Waals surface area (Å²) < 4.78 is 4.28. The van der Waals surface area contributed by atoms with Crippen LogP contribution in [0, 0.1) is 0 Å². The molecular weight excluding hydrogens is 144 g/mol. The van der Waals surface area contributed by atoms with Crippen LogP contribution in [0.2, 0.25) is 0 Å². The van der Waals surface area contributed by atoms with Crippen molar-refractivity contribution < 1.29 is 0 Å². The van der Waals surface area contributed by atoms with Gasteiger partial charge in [-0.2, -0.15) is 0 Å². The lowest BCUT2D eigenvalue weighted by atomic mass is 10.5. The Morgan fingerprint density at radius 1 is 1.50 bits per heavy atom. The molecular formula is C7H14N2S. The van der Waals surface area contributed by atoms with Crippen LogP contribution in [0.5, 0.6) is 0 Å². The molecule has 0 spiro atoms. The summed E-state index contributed by atoms with van der Waals surface area (Å²) in [5.74, 6) is 2.45. The van der Waals surface area contributed by atoms with Gasteiger partial charge >= 0.3 is 0 Å². The van der Waals surface area contributed by atoms with Gasteiger partial charge in [-0.1, -0.05) is 17.3 Å². The third kappa shape index (κ3) is 1.84. The van der Waals surface area contributed by atoms with Gasteiger partial charge in [-0.3, -0.25) is 4.36 Å². The predicted octanol–water partition coefficient (Wildman–Crippen LogP) is 0.877. The zero-order valence-electron chi connectivity index (χ0n) is 6.42. The first-order valence-corrected chi connectivity index (χ1v) is 5.03. The lowest BCUT2D eigenvalue weighted by Crippen LogP contribution is -2.33. The second kappa shape index (κ2) is 3.76. The summed E-state index contributed by atoms with van der Waals surface area (Å²) in [4.78, 5) is 2.26. The minimum Gasteiger partial charge on any atom is -0.376 e. The van der Waals surface area contributed by atoms with Gasteiger partial charge in [-0.25, -0.2) is 0 Å². The average molecular weight is 158 g/mol. The molecule has 1 rings (SSSR count). The highest BCUT2D eigenvalue weighted by molar-refractivity contribution is 7.87. The molecule has 0 atom stereocenters. The molecule has 0 saturated carbocycles. The minimum absolute atomic E-state index is 0.362. The quantitative estimate of drug-likeness (QED) is 0.553. The van der Waals surface area contributed by atoms with Gasteiger partial charge in [0.1, 0.15) is 0 Å². The van der Waals surface area contributed by atoms with Crippen molar-refractivity contribution in [1.29, 1.82) is 0 Å². The molecule has 0 amide bonds. The van der Waals surface area contributed by atoms with E-state index < -0.39 is 0 Å². The van der Waals surface area contributed by atoms with E-state index in [4.69, 9.17) is 0 Å². The molecule has 0 unspecified atom stereocenters. The molecule has 3 heteroatoms. The first-order valence-electron chi connectivity index (χ1n) is 3.51. The van der Waals surface area contributed by atoms with E-state index in [0.717, 1.165) is 13.1 Å². The van der Waals surface area contributed by atoms with E-state index in [-0.39, 0.29) is 0 Å². The number of hydrogen-bond acceptors (Lipinski definition) is 2. The first-order chi connectivity index (χ1) is 4.86. The van der Waals surface area contributed by atoms with Crippen LogP contribution in [0.1, 0.15) is 0 Å². The maximum absolute atomic E-state index is 4.28. The van der Waals surface area contributed by atoms with Crippen LogP contribution in [0.25, 0.3) is 0 Å². The average Bonchev–Trinajstić information content (AvgIpc) is 2.05. The number of hydrogen-bond donors (Lipinski definition) is 0. The van der Waals surface area contributed by atoms with Gasteiger partial charge in [0.15, 0.2) is 0 Å². The van der Waals surface area contributed by atoms with Crippen molar-refractivity contribution in [3.05, 3.63) is 12.8 Å². The Morgan fingerprint density at radius 3 is 2.50 bits per heavy atom. The van der Waals surface area contributed by atoms with Crippen molar-refractivity contribution in [2.75, 3.05) is 31.6 Å². The lowest BCUT2D eigenvalue weighted by molar-refractivity contribution is 0.416. The molecule has 1 aliphatic heterocycles. The standard InChI is InChI=1S/C7H14N2S/c1-3-9-4-6-10(8-2)7-5-9/h3H,1,4-7H2,2H3. The van der Waals surface area contributed by atoms with Gasteiger partial charge in [0.2, 0.25) is 0 Å². The summed E-state index contributed by atoms with van der Waals surface area (Å²) in [7, 11) is 2.28. The fourth-order valence-corrected chi connectivity index (χ4v) is 2.48. The molecule has 58 valence electrons. The van der Waals surface area contributed by atoms with Gasteiger partial charge in [0.05, 0.1) is 0 Å². The molecule has 1 fully saturated rings. The Morgan fingerprint density at radius 2 is 2.10 bits per heavy atom. The molecule has 10 heavy (non-hydrogen) atoms. The maximum atomic E-state index is 4.28. The zero-order chi connectivity index (χ0) is 7.40. The van der Waals surface area contributed by atoms with Crippen LogP contribution < -0.4 is 0 Å². The van der Waals surface area contributed by atoms with Gasteiger partial charge in [0.25, 0.3) is 0 Å². The van der Waals surface area contributed by atoms with E-state index in [2.05, 4.69) is 15.8 Å². The van der Waals surface area contributed by atoms with Crippen molar-refractivity contribution >= 4 is 10.7 Å². The molecule has 0 aromatic heterocycles. The van der Waals surface area contributed by atoms with Crippen LogP contribution in [-0.2, 0) is 10.7 Å². The summed E-state index contributed by atoms with van der Waals surface area (Å²) >= 11 is 0. The number of nitrogens with zero attached hydrogens (tertiary/aromatic N) is 2. The van der Waals surface area contributed by atoms with Crippen molar-refractivity contribution in [3.8, 4) is 0 Å². The predicted molar refractivity (Wildman–Crippen MR) is 47.2 cm³/mol. The fourth-order valence-electron chi connectivity index (χ4n) is 1.02. The third-order valence-electron chi connectivity index (χ3n) is 1.74. The molecule has 0 radical (unpaired) electrons. The van der Waals surface area contributed by atoms with Crippen LogP contribution >= 0.6 is 0 Å². The Kier molecular flexibility index (Phi) is 2.93. The second-order valence-electron chi connectivity index (χ2n) is 2.27. The largest absolute Gasteiger partial charge is 0.376 e. The van der Waals surface area contributed by atoms with Crippen molar-refractivity contribution in [1.82, 2.24) is 4.90 Å². The first kappa shape index (κ1) is 7.79. The van der Waals surface area contributed by atoms with E-state index in [0.29, 0.717) is 10.7 Å². The molecule has 1 aliphatic rings. The van der Waals surface area contributed by atoms with E-state index in [1.165, 1.54) is 11.5 Å². The van der Waals surface area contributed by atoms with Crippen molar-refractivity contribution in [2.45, 2.75) is 0 Å². The molecule has 0 N–H and O–H groups in total. The number of rotatable bonds is 1. The molecule has 1 saturated heterocycles. The van der Waals surface area contributed by atoms with Crippen molar-refractivity contribution in [2.24, 2.45) is 4.36 Å². The van der Waals surface area contributed by atoms with Crippen LogP contribution in [0.3, 0.4) is 0 Å². The SMILES string of the molecule is C=CN1CCS(=NC)CC1. The van der Waals surface area contributed by atoms with E-state index >= 15 is 0 Å². The smallest absolute Gasteiger partial charge is 0.0346 e. The second-order valence-corrected chi connectivity index (χ2v) is 4.38. The lowest BCUT2D eigenvalue weighted by Gasteiger charge is -2.26. The molecule has 1 heterocycles. The van der Waals surface area contributed by atoms with Crippen molar-refractivity contribution in [3.63, 3.8) is 0 Å². The summed E-state index contributed by atoms with van der Waals surface area (Å²) in [6.07, 6.45) is 1.93. The summed E-state index contributed by atoms with van der Waals surface area (Å²) in [6.45, 7) is 6.02. The summed E-state index contributed by atoms with van der Waals surface area (Å²) in [5, 5.41) is 0.